The topological polar surface area (TPSA) is 78.5 Å². The van der Waals surface area contributed by atoms with E-state index in [0.29, 0.717) is 32.0 Å². The van der Waals surface area contributed by atoms with Crippen LogP contribution in [0.2, 0.25) is 0 Å². The maximum atomic E-state index is 12.9. The molecule has 26 heavy (non-hydrogen) atoms. The lowest BCUT2D eigenvalue weighted by Gasteiger charge is -2.31. The molecule has 3 rings (SSSR count). The first-order chi connectivity index (χ1) is 12.2. The Balaban J connectivity index is 0.00000243. The molecular weight excluding hydrogens is 354 g/mol. The normalized spacial score (nSPS) is 25.2. The number of carbonyl (C=O) groups is 1. The average molecular weight is 382 g/mol. The number of hydrogen-bond donors (Lipinski definition) is 1. The van der Waals surface area contributed by atoms with Crippen LogP contribution in [0.3, 0.4) is 0 Å². The number of nitriles is 1. The molecule has 6 nitrogen and oxygen atoms in total. The highest BCUT2D eigenvalue weighted by atomic mass is 35.5. The Bertz CT molecular complexity index is 608. The zero-order chi connectivity index (χ0) is 17.7. The summed E-state index contributed by atoms with van der Waals surface area (Å²) in [6, 6.07) is 6.24. The molecule has 1 amide bonds. The number of carbonyl (C=O) groups excluding carboxylic acids is 1. The van der Waals surface area contributed by atoms with Crippen molar-refractivity contribution in [3.05, 3.63) is 24.2 Å². The van der Waals surface area contributed by atoms with E-state index in [2.05, 4.69) is 23.2 Å². The standard InChI is InChI=1S/C19H27N3O3.ClH/c1-2-4-15-11-22(12-16-5-3-8-25-16)13-17(15)21-18(23)19(14-20)6-9-24-10-7-19;/h3,5,8,15,17H,2,4,6-7,9-13H2,1H3,(H,21,23);1H/t15-,17-;/m0./s1. The quantitative estimate of drug-likeness (QED) is 0.819. The van der Waals surface area contributed by atoms with E-state index in [9.17, 15) is 10.1 Å². The van der Waals surface area contributed by atoms with Crippen LogP contribution in [0.4, 0.5) is 0 Å². The van der Waals surface area contributed by atoms with Crippen LogP contribution in [0.5, 0.6) is 0 Å². The highest BCUT2D eigenvalue weighted by molar-refractivity contribution is 5.86. The summed E-state index contributed by atoms with van der Waals surface area (Å²) in [6.07, 6.45) is 4.81. The summed E-state index contributed by atoms with van der Waals surface area (Å²) in [7, 11) is 0. The van der Waals surface area contributed by atoms with Gasteiger partial charge in [-0.2, -0.15) is 5.26 Å². The number of furan rings is 1. The third-order valence-corrected chi connectivity index (χ3v) is 5.45. The first kappa shape index (κ1) is 20.8. The van der Waals surface area contributed by atoms with Crippen molar-refractivity contribution in [2.45, 2.75) is 45.2 Å². The summed E-state index contributed by atoms with van der Waals surface area (Å²) >= 11 is 0. The van der Waals surface area contributed by atoms with E-state index < -0.39 is 5.41 Å². The average Bonchev–Trinajstić information content (AvgIpc) is 3.26. The van der Waals surface area contributed by atoms with Gasteiger partial charge in [0, 0.05) is 32.3 Å². The van der Waals surface area contributed by atoms with Crippen LogP contribution in [-0.2, 0) is 16.1 Å². The molecule has 0 saturated carbocycles. The van der Waals surface area contributed by atoms with E-state index in [1.165, 1.54) is 0 Å². The van der Waals surface area contributed by atoms with E-state index in [0.717, 1.165) is 38.2 Å². The lowest BCUT2D eigenvalue weighted by Crippen LogP contribution is -2.49. The molecule has 7 heteroatoms. The van der Waals surface area contributed by atoms with Gasteiger partial charge in [-0.3, -0.25) is 9.69 Å². The first-order valence-electron chi connectivity index (χ1n) is 9.21. The zero-order valence-corrected chi connectivity index (χ0v) is 16.1. The largest absolute Gasteiger partial charge is 0.468 e. The van der Waals surface area contributed by atoms with Gasteiger partial charge in [-0.15, -0.1) is 12.4 Å². The van der Waals surface area contributed by atoms with E-state index in [4.69, 9.17) is 9.15 Å². The fourth-order valence-electron chi connectivity index (χ4n) is 3.96. The molecule has 0 aromatic carbocycles. The number of likely N-dealkylation sites (tertiary alicyclic amines) is 1. The highest BCUT2D eigenvalue weighted by Gasteiger charge is 2.43. The van der Waals surface area contributed by atoms with Gasteiger partial charge in [0.15, 0.2) is 0 Å². The molecule has 0 spiro atoms. The Hall–Kier alpha value is -1.55. The van der Waals surface area contributed by atoms with Crippen LogP contribution < -0.4 is 5.32 Å². The van der Waals surface area contributed by atoms with E-state index in [1.807, 2.05) is 12.1 Å². The van der Waals surface area contributed by atoms with E-state index in [-0.39, 0.29) is 24.4 Å². The van der Waals surface area contributed by atoms with Gasteiger partial charge < -0.3 is 14.5 Å². The van der Waals surface area contributed by atoms with Crippen molar-refractivity contribution in [1.82, 2.24) is 10.2 Å². The molecule has 0 bridgehead atoms. The van der Waals surface area contributed by atoms with Crippen molar-refractivity contribution in [3.8, 4) is 6.07 Å². The van der Waals surface area contributed by atoms with Crippen LogP contribution in [0.25, 0.3) is 0 Å². The molecule has 1 N–H and O–H groups in total. The molecule has 2 saturated heterocycles. The number of ether oxygens (including phenoxy) is 1. The van der Waals surface area contributed by atoms with E-state index in [1.54, 1.807) is 6.26 Å². The summed E-state index contributed by atoms with van der Waals surface area (Å²) in [5, 5.41) is 12.8. The summed E-state index contributed by atoms with van der Waals surface area (Å²) in [4.78, 5) is 15.2. The van der Waals surface area contributed by atoms with Crippen LogP contribution in [0, 0.1) is 22.7 Å². The second-order valence-corrected chi connectivity index (χ2v) is 7.21. The van der Waals surface area contributed by atoms with Crippen molar-refractivity contribution in [2.75, 3.05) is 26.3 Å². The van der Waals surface area contributed by atoms with Crippen molar-refractivity contribution in [3.63, 3.8) is 0 Å². The maximum absolute atomic E-state index is 12.9. The fraction of sp³-hybridized carbons (Fsp3) is 0.684. The number of amides is 1. The van der Waals surface area contributed by atoms with Crippen LogP contribution in [-0.4, -0.2) is 43.2 Å². The molecule has 1 aromatic heterocycles. The zero-order valence-electron chi connectivity index (χ0n) is 15.3. The second-order valence-electron chi connectivity index (χ2n) is 7.21. The first-order valence-corrected chi connectivity index (χ1v) is 9.21. The molecular formula is C19H28ClN3O3. The Morgan fingerprint density at radius 1 is 1.42 bits per heavy atom. The maximum Gasteiger partial charge on any atom is 0.240 e. The minimum absolute atomic E-state index is 0. The van der Waals surface area contributed by atoms with Gasteiger partial charge in [-0.1, -0.05) is 13.3 Å². The van der Waals surface area contributed by atoms with E-state index >= 15 is 0 Å². The van der Waals surface area contributed by atoms with Gasteiger partial charge in [0.2, 0.25) is 5.91 Å². The molecule has 2 aliphatic heterocycles. The molecule has 0 unspecified atom stereocenters. The second kappa shape index (κ2) is 9.40. The van der Waals surface area contributed by atoms with Crippen molar-refractivity contribution < 1.29 is 13.9 Å². The van der Waals surface area contributed by atoms with Gasteiger partial charge >= 0.3 is 0 Å². The molecule has 3 heterocycles. The van der Waals surface area contributed by atoms with Crippen molar-refractivity contribution in [2.24, 2.45) is 11.3 Å². The predicted molar refractivity (Wildman–Crippen MR) is 99.7 cm³/mol. The molecule has 2 aliphatic rings. The lowest BCUT2D eigenvalue weighted by atomic mass is 9.80. The number of hydrogen-bond acceptors (Lipinski definition) is 5. The van der Waals surface area contributed by atoms with Crippen LogP contribution in [0.15, 0.2) is 22.8 Å². The Labute approximate surface area is 161 Å². The highest BCUT2D eigenvalue weighted by Crippen LogP contribution is 2.31. The third-order valence-electron chi connectivity index (χ3n) is 5.45. The molecule has 144 valence electrons. The molecule has 0 aliphatic carbocycles. The number of nitrogens with one attached hydrogen (secondary N) is 1. The minimum atomic E-state index is -0.927. The number of nitrogens with zero attached hydrogens (tertiary/aromatic N) is 2. The SMILES string of the molecule is CCC[C@H]1CN(Cc2ccco2)C[C@@H]1NC(=O)C1(C#N)CCOCC1.Cl. The summed E-state index contributed by atoms with van der Waals surface area (Å²) in [6.45, 7) is 5.64. The van der Waals surface area contributed by atoms with Gasteiger partial charge in [-0.25, -0.2) is 0 Å². The summed E-state index contributed by atoms with van der Waals surface area (Å²) < 4.78 is 10.8. The monoisotopic (exact) mass is 381 g/mol. The van der Waals surface area contributed by atoms with Gasteiger partial charge in [0.25, 0.3) is 0 Å². The molecule has 1 aromatic rings. The number of halogens is 1. The smallest absolute Gasteiger partial charge is 0.240 e. The third kappa shape index (κ3) is 4.59. The van der Waals surface area contributed by atoms with Gasteiger partial charge in [-0.05, 0) is 37.3 Å². The molecule has 2 fully saturated rings. The minimum Gasteiger partial charge on any atom is -0.468 e. The molecule has 0 radical (unpaired) electrons. The summed E-state index contributed by atoms with van der Waals surface area (Å²) in [5.74, 6) is 1.24. The van der Waals surface area contributed by atoms with Gasteiger partial charge in [0.1, 0.15) is 11.2 Å². The van der Waals surface area contributed by atoms with Crippen molar-refractivity contribution in [1.29, 1.82) is 5.26 Å². The van der Waals surface area contributed by atoms with Gasteiger partial charge in [0.05, 0.1) is 18.9 Å². The lowest BCUT2D eigenvalue weighted by molar-refractivity contribution is -0.133. The van der Waals surface area contributed by atoms with Crippen LogP contribution in [0.1, 0.15) is 38.4 Å². The predicted octanol–water partition coefficient (Wildman–Crippen LogP) is 2.74. The number of rotatable bonds is 6. The summed E-state index contributed by atoms with van der Waals surface area (Å²) in [5.41, 5.74) is -0.927. The van der Waals surface area contributed by atoms with Crippen molar-refractivity contribution >= 4 is 18.3 Å². The molecule has 2 atom stereocenters. The Morgan fingerprint density at radius 2 is 2.19 bits per heavy atom. The fourth-order valence-corrected chi connectivity index (χ4v) is 3.96. The van der Waals surface area contributed by atoms with Crippen LogP contribution >= 0.6 is 12.4 Å². The Morgan fingerprint density at radius 3 is 2.81 bits per heavy atom. The Kier molecular flexibility index (Phi) is 7.51.